The summed E-state index contributed by atoms with van der Waals surface area (Å²) in [6, 6.07) is 0. The maximum Gasteiger partial charge on any atom is -0.0318 e. The standard InChI is InChI=1S/C13H22/c1-2-5-9-12(8-4-1)13-10-6-3-7-11-13/h1-11H2. The molecule has 0 aliphatic heterocycles. The summed E-state index contributed by atoms with van der Waals surface area (Å²) in [7, 11) is 0. The normalized spacial score (nSPS) is 25.8. The van der Waals surface area contributed by atoms with E-state index in [2.05, 4.69) is 0 Å². The van der Waals surface area contributed by atoms with Crippen molar-refractivity contribution in [2.45, 2.75) is 70.6 Å². The Bertz CT molecular complexity index is 170. The average molecular weight is 178 g/mol. The van der Waals surface area contributed by atoms with E-state index in [1.54, 1.807) is 0 Å². The maximum absolute atomic E-state index is 1.87. The van der Waals surface area contributed by atoms with Gasteiger partial charge in [-0.3, -0.25) is 0 Å². The lowest BCUT2D eigenvalue weighted by Gasteiger charge is -2.18. The Morgan fingerprint density at radius 1 is 0.385 bits per heavy atom. The Morgan fingerprint density at radius 2 is 0.692 bits per heavy atom. The highest BCUT2D eigenvalue weighted by Crippen LogP contribution is 2.32. The third-order valence-corrected chi connectivity index (χ3v) is 3.66. The van der Waals surface area contributed by atoms with Crippen molar-refractivity contribution in [3.8, 4) is 0 Å². The van der Waals surface area contributed by atoms with Gasteiger partial charge in [0.25, 0.3) is 0 Å². The van der Waals surface area contributed by atoms with Gasteiger partial charge in [0.2, 0.25) is 0 Å². The average Bonchev–Trinajstić information content (AvgIpc) is 2.47. The fraction of sp³-hybridized carbons (Fsp3) is 0.846. The fourth-order valence-electron chi connectivity index (χ4n) is 2.84. The maximum atomic E-state index is 1.87. The summed E-state index contributed by atoms with van der Waals surface area (Å²) in [6.45, 7) is 0. The minimum Gasteiger partial charge on any atom is -0.0710 e. The van der Waals surface area contributed by atoms with Crippen molar-refractivity contribution in [1.82, 2.24) is 0 Å². The van der Waals surface area contributed by atoms with E-state index < -0.39 is 0 Å². The lowest BCUT2D eigenvalue weighted by Crippen LogP contribution is -1.98. The van der Waals surface area contributed by atoms with E-state index in [0.717, 1.165) is 0 Å². The van der Waals surface area contributed by atoms with Gasteiger partial charge in [-0.25, -0.2) is 0 Å². The molecule has 0 nitrogen and oxygen atoms in total. The topological polar surface area (TPSA) is 0 Å². The van der Waals surface area contributed by atoms with Gasteiger partial charge < -0.3 is 0 Å². The highest BCUT2D eigenvalue weighted by Gasteiger charge is 2.12. The molecule has 2 aliphatic carbocycles. The largest absolute Gasteiger partial charge is 0.0710 e. The van der Waals surface area contributed by atoms with Gasteiger partial charge in [-0.15, -0.1) is 0 Å². The number of allylic oxidation sites excluding steroid dienone is 2. The van der Waals surface area contributed by atoms with Crippen molar-refractivity contribution in [3.05, 3.63) is 11.1 Å². The monoisotopic (exact) mass is 178 g/mol. The summed E-state index contributed by atoms with van der Waals surface area (Å²) in [6.07, 6.45) is 16.1. The van der Waals surface area contributed by atoms with Crippen LogP contribution in [-0.2, 0) is 0 Å². The summed E-state index contributed by atoms with van der Waals surface area (Å²) in [4.78, 5) is 0. The van der Waals surface area contributed by atoms with Crippen molar-refractivity contribution < 1.29 is 0 Å². The SMILES string of the molecule is C1CCCC(=C2CCCCC2)CC1. The second-order valence-electron chi connectivity index (χ2n) is 4.68. The molecule has 0 amide bonds. The molecule has 0 heterocycles. The second kappa shape index (κ2) is 4.83. The van der Waals surface area contributed by atoms with Crippen LogP contribution in [0, 0.1) is 0 Å². The van der Waals surface area contributed by atoms with Gasteiger partial charge >= 0.3 is 0 Å². The van der Waals surface area contributed by atoms with Gasteiger partial charge in [-0.1, -0.05) is 30.4 Å². The van der Waals surface area contributed by atoms with Crippen molar-refractivity contribution in [3.63, 3.8) is 0 Å². The van der Waals surface area contributed by atoms with Gasteiger partial charge in [0.15, 0.2) is 0 Å². The number of hydrogen-bond donors (Lipinski definition) is 0. The molecule has 0 N–H and O–H groups in total. The second-order valence-corrected chi connectivity index (χ2v) is 4.68. The first-order chi connectivity index (χ1) is 6.47. The zero-order valence-electron chi connectivity index (χ0n) is 8.78. The van der Waals surface area contributed by atoms with E-state index in [1.165, 1.54) is 70.6 Å². The smallest absolute Gasteiger partial charge is 0.0318 e. The predicted molar refractivity (Wildman–Crippen MR) is 57.8 cm³/mol. The molecule has 0 heteroatoms. The van der Waals surface area contributed by atoms with E-state index >= 15 is 0 Å². The Kier molecular flexibility index (Phi) is 3.46. The minimum atomic E-state index is 1.44. The first kappa shape index (κ1) is 9.30. The summed E-state index contributed by atoms with van der Waals surface area (Å²) >= 11 is 0. The third kappa shape index (κ3) is 2.59. The molecule has 0 spiro atoms. The molecule has 2 aliphatic rings. The minimum absolute atomic E-state index is 1.44. The van der Waals surface area contributed by atoms with E-state index in [4.69, 9.17) is 0 Å². The van der Waals surface area contributed by atoms with Gasteiger partial charge in [-0.05, 0) is 51.4 Å². The molecule has 0 aromatic rings. The molecule has 2 fully saturated rings. The molecule has 0 aromatic carbocycles. The van der Waals surface area contributed by atoms with Crippen LogP contribution in [0.25, 0.3) is 0 Å². The molecule has 2 saturated carbocycles. The van der Waals surface area contributed by atoms with Gasteiger partial charge in [0.1, 0.15) is 0 Å². The zero-order chi connectivity index (χ0) is 8.93. The Morgan fingerprint density at radius 3 is 1.08 bits per heavy atom. The highest BCUT2D eigenvalue weighted by atomic mass is 14.2. The number of rotatable bonds is 0. The molecular formula is C13H22. The first-order valence-corrected chi connectivity index (χ1v) is 6.16. The Hall–Kier alpha value is -0.260. The molecule has 0 radical (unpaired) electrons. The van der Waals surface area contributed by atoms with E-state index in [0.29, 0.717) is 0 Å². The molecule has 0 saturated heterocycles. The van der Waals surface area contributed by atoms with E-state index in [9.17, 15) is 0 Å². The Balaban J connectivity index is 2.00. The van der Waals surface area contributed by atoms with Crippen LogP contribution in [0.15, 0.2) is 11.1 Å². The van der Waals surface area contributed by atoms with Crippen LogP contribution in [0.5, 0.6) is 0 Å². The molecule has 0 bridgehead atoms. The van der Waals surface area contributed by atoms with E-state index in [-0.39, 0.29) is 0 Å². The molecule has 0 atom stereocenters. The molecule has 0 unspecified atom stereocenters. The molecule has 13 heavy (non-hydrogen) atoms. The van der Waals surface area contributed by atoms with E-state index in [1.807, 2.05) is 11.1 Å². The van der Waals surface area contributed by atoms with Gasteiger partial charge in [-0.2, -0.15) is 0 Å². The molecular weight excluding hydrogens is 156 g/mol. The summed E-state index contributed by atoms with van der Waals surface area (Å²) < 4.78 is 0. The van der Waals surface area contributed by atoms with Crippen molar-refractivity contribution in [2.75, 3.05) is 0 Å². The first-order valence-electron chi connectivity index (χ1n) is 6.16. The molecule has 2 rings (SSSR count). The third-order valence-electron chi connectivity index (χ3n) is 3.66. The van der Waals surface area contributed by atoms with Crippen molar-refractivity contribution in [1.29, 1.82) is 0 Å². The molecule has 74 valence electrons. The van der Waals surface area contributed by atoms with Crippen LogP contribution in [-0.4, -0.2) is 0 Å². The van der Waals surface area contributed by atoms with Crippen LogP contribution in [0.1, 0.15) is 70.6 Å². The number of hydrogen-bond acceptors (Lipinski definition) is 0. The zero-order valence-corrected chi connectivity index (χ0v) is 8.78. The van der Waals surface area contributed by atoms with Crippen LogP contribution >= 0.6 is 0 Å². The van der Waals surface area contributed by atoms with Gasteiger partial charge in [0.05, 0.1) is 0 Å². The van der Waals surface area contributed by atoms with Crippen LogP contribution in [0.4, 0.5) is 0 Å². The lowest BCUT2D eigenvalue weighted by molar-refractivity contribution is 0.585. The van der Waals surface area contributed by atoms with Crippen LogP contribution < -0.4 is 0 Å². The summed E-state index contributed by atoms with van der Waals surface area (Å²) in [5.74, 6) is 0. The quantitative estimate of drug-likeness (QED) is 0.375. The fourth-order valence-corrected chi connectivity index (χ4v) is 2.84. The van der Waals surface area contributed by atoms with Crippen molar-refractivity contribution >= 4 is 0 Å². The van der Waals surface area contributed by atoms with Gasteiger partial charge in [0, 0.05) is 0 Å². The van der Waals surface area contributed by atoms with Crippen LogP contribution in [0.2, 0.25) is 0 Å². The Labute approximate surface area is 82.4 Å². The van der Waals surface area contributed by atoms with Crippen molar-refractivity contribution in [2.24, 2.45) is 0 Å². The molecule has 0 aromatic heterocycles. The summed E-state index contributed by atoms with van der Waals surface area (Å²) in [5, 5.41) is 0. The highest BCUT2D eigenvalue weighted by molar-refractivity contribution is 5.16. The summed E-state index contributed by atoms with van der Waals surface area (Å²) in [5.41, 5.74) is 3.74. The predicted octanol–water partition coefficient (Wildman–Crippen LogP) is 4.60. The van der Waals surface area contributed by atoms with Crippen LogP contribution in [0.3, 0.4) is 0 Å². The lowest BCUT2D eigenvalue weighted by atomic mass is 9.88.